The molecule has 0 aliphatic carbocycles. The molecule has 29 heavy (non-hydrogen) atoms. The molecule has 0 saturated carbocycles. The number of aliphatic hydroxyl groups is 1. The molecule has 0 amide bonds. The van der Waals surface area contributed by atoms with Gasteiger partial charge in [0.05, 0.1) is 12.7 Å². The highest BCUT2D eigenvalue weighted by Crippen LogP contribution is 2.15. The van der Waals surface area contributed by atoms with Gasteiger partial charge in [0.2, 0.25) is 0 Å². The summed E-state index contributed by atoms with van der Waals surface area (Å²) < 4.78 is 5.58. The van der Waals surface area contributed by atoms with E-state index in [2.05, 4.69) is 6.92 Å². The van der Waals surface area contributed by atoms with Crippen molar-refractivity contribution in [1.82, 2.24) is 0 Å². The summed E-state index contributed by atoms with van der Waals surface area (Å²) in [6.45, 7) is 2.57. The highest BCUT2D eigenvalue weighted by Gasteiger charge is 2.17. The van der Waals surface area contributed by atoms with Crippen LogP contribution in [0.15, 0.2) is 30.3 Å². The number of aliphatic carboxylic acids is 1. The van der Waals surface area contributed by atoms with Gasteiger partial charge >= 0.3 is 5.97 Å². The number of aliphatic hydroxyl groups excluding tert-OH is 1. The Morgan fingerprint density at radius 1 is 0.828 bits per heavy atom. The number of carboxylic acid groups (broad SMARTS) is 1. The zero-order valence-corrected chi connectivity index (χ0v) is 18.4. The maximum atomic E-state index is 11.4. The molecule has 2 atom stereocenters. The lowest BCUT2D eigenvalue weighted by Gasteiger charge is -2.14. The largest absolute Gasteiger partial charge is 0.479 e. The lowest BCUT2D eigenvalue weighted by Crippen LogP contribution is -2.23. The molecule has 2 unspecified atom stereocenters. The first-order chi connectivity index (χ1) is 14.1. The smallest absolute Gasteiger partial charge is 0.332 e. The highest BCUT2D eigenvalue weighted by molar-refractivity contribution is 5.72. The fraction of sp³-hybridized carbons (Fsp3) is 0.720. The Kier molecular flexibility index (Phi) is 15.4. The minimum Gasteiger partial charge on any atom is -0.479 e. The number of hydrogen-bond donors (Lipinski definition) is 2. The van der Waals surface area contributed by atoms with Gasteiger partial charge in [-0.3, -0.25) is 0 Å². The Morgan fingerprint density at radius 3 is 1.93 bits per heavy atom. The molecular weight excluding hydrogens is 364 g/mol. The zero-order valence-electron chi connectivity index (χ0n) is 18.4. The fourth-order valence-corrected chi connectivity index (χ4v) is 3.59. The van der Waals surface area contributed by atoms with Gasteiger partial charge in [0.1, 0.15) is 0 Å². The third kappa shape index (κ3) is 14.3. The van der Waals surface area contributed by atoms with Crippen molar-refractivity contribution in [3.8, 4) is 0 Å². The van der Waals surface area contributed by atoms with Crippen molar-refractivity contribution in [2.24, 2.45) is 0 Å². The highest BCUT2D eigenvalue weighted by atomic mass is 16.5. The van der Waals surface area contributed by atoms with Gasteiger partial charge in [-0.25, -0.2) is 4.79 Å². The van der Waals surface area contributed by atoms with Crippen LogP contribution in [0.25, 0.3) is 0 Å². The van der Waals surface area contributed by atoms with E-state index in [0.29, 0.717) is 13.0 Å². The van der Waals surface area contributed by atoms with Crippen LogP contribution in [-0.2, 0) is 16.1 Å². The van der Waals surface area contributed by atoms with Crippen LogP contribution in [0.2, 0.25) is 0 Å². The fourth-order valence-electron chi connectivity index (χ4n) is 3.59. The van der Waals surface area contributed by atoms with Crippen LogP contribution in [-0.4, -0.2) is 28.4 Å². The zero-order chi connectivity index (χ0) is 21.2. The number of hydrogen-bond acceptors (Lipinski definition) is 3. The first-order valence-electron chi connectivity index (χ1n) is 11.7. The Morgan fingerprint density at radius 2 is 1.34 bits per heavy atom. The molecule has 0 bridgehead atoms. The summed E-state index contributed by atoms with van der Waals surface area (Å²) in [5, 5.41) is 19.4. The molecule has 4 nitrogen and oxygen atoms in total. The van der Waals surface area contributed by atoms with Crippen molar-refractivity contribution in [1.29, 1.82) is 0 Å². The van der Waals surface area contributed by atoms with Crippen molar-refractivity contribution >= 4 is 5.97 Å². The number of unbranched alkanes of at least 4 members (excludes halogenated alkanes) is 9. The molecule has 0 aromatic heterocycles. The van der Waals surface area contributed by atoms with Gasteiger partial charge < -0.3 is 14.9 Å². The van der Waals surface area contributed by atoms with E-state index in [0.717, 1.165) is 44.1 Å². The summed E-state index contributed by atoms with van der Waals surface area (Å²) in [6, 6.07) is 9.65. The Hall–Kier alpha value is -1.39. The monoisotopic (exact) mass is 406 g/mol. The van der Waals surface area contributed by atoms with Crippen LogP contribution in [0.1, 0.15) is 102 Å². The summed E-state index contributed by atoms with van der Waals surface area (Å²) in [7, 11) is 0. The second kappa shape index (κ2) is 17.5. The number of carboxylic acids is 1. The first kappa shape index (κ1) is 25.6. The van der Waals surface area contributed by atoms with Gasteiger partial charge in [-0.15, -0.1) is 0 Å². The normalized spacial score (nSPS) is 13.3. The molecule has 1 aromatic rings. The summed E-state index contributed by atoms with van der Waals surface area (Å²) in [6.07, 6.45) is 14.3. The quantitative estimate of drug-likeness (QED) is 0.257. The number of rotatable bonds is 19. The summed E-state index contributed by atoms with van der Waals surface area (Å²) in [5.74, 6) is -0.893. The van der Waals surface area contributed by atoms with Gasteiger partial charge in [0, 0.05) is 0 Å². The van der Waals surface area contributed by atoms with Gasteiger partial charge in [-0.2, -0.15) is 0 Å². The van der Waals surface area contributed by atoms with Gasteiger partial charge in [0.25, 0.3) is 0 Å². The van der Waals surface area contributed by atoms with Crippen LogP contribution in [0, 0.1) is 0 Å². The van der Waals surface area contributed by atoms with Crippen molar-refractivity contribution in [2.75, 3.05) is 0 Å². The van der Waals surface area contributed by atoms with Gasteiger partial charge in [-0.05, 0) is 24.8 Å². The topological polar surface area (TPSA) is 66.8 Å². The molecule has 2 N–H and O–H groups in total. The first-order valence-corrected chi connectivity index (χ1v) is 11.7. The van der Waals surface area contributed by atoms with Crippen LogP contribution >= 0.6 is 0 Å². The summed E-state index contributed by atoms with van der Waals surface area (Å²) in [4.78, 5) is 11.4. The molecule has 0 aliphatic heterocycles. The van der Waals surface area contributed by atoms with Crippen LogP contribution in [0.3, 0.4) is 0 Å². The van der Waals surface area contributed by atoms with E-state index in [9.17, 15) is 15.0 Å². The average Bonchev–Trinajstić information content (AvgIpc) is 2.72. The third-order valence-corrected chi connectivity index (χ3v) is 5.46. The van der Waals surface area contributed by atoms with Crippen molar-refractivity contribution in [2.45, 2.75) is 116 Å². The molecule has 1 rings (SSSR count). The molecule has 0 saturated heterocycles. The number of carbonyl (C=O) groups is 1. The van der Waals surface area contributed by atoms with E-state index in [1.165, 1.54) is 44.9 Å². The average molecular weight is 407 g/mol. The second-order valence-electron chi connectivity index (χ2n) is 8.18. The van der Waals surface area contributed by atoms with Crippen LogP contribution in [0.4, 0.5) is 0 Å². The van der Waals surface area contributed by atoms with E-state index < -0.39 is 12.1 Å². The van der Waals surface area contributed by atoms with E-state index >= 15 is 0 Å². The minimum atomic E-state index is -0.893. The van der Waals surface area contributed by atoms with E-state index in [1.807, 2.05) is 30.3 Å². The predicted molar refractivity (Wildman–Crippen MR) is 119 cm³/mol. The van der Waals surface area contributed by atoms with Crippen molar-refractivity contribution in [3.63, 3.8) is 0 Å². The Labute approximate surface area is 177 Å². The maximum Gasteiger partial charge on any atom is 0.332 e. The summed E-state index contributed by atoms with van der Waals surface area (Å²) in [5.41, 5.74) is 0.989. The molecule has 4 heteroatoms. The summed E-state index contributed by atoms with van der Waals surface area (Å²) >= 11 is 0. The molecule has 0 radical (unpaired) electrons. The standard InChI is InChI=1S/C25H42O4/c1-2-3-4-5-6-7-8-13-18-23(26)19-14-10-15-20-24(25(27)28)29-21-22-16-11-9-12-17-22/h9,11-12,16-17,23-24,26H,2-8,10,13-15,18-21H2,1H3,(H,27,28). The maximum absolute atomic E-state index is 11.4. The molecule has 0 heterocycles. The molecule has 0 spiro atoms. The number of benzene rings is 1. The number of ether oxygens (including phenoxy) is 1. The minimum absolute atomic E-state index is 0.209. The molecule has 0 aliphatic rings. The van der Waals surface area contributed by atoms with Crippen LogP contribution in [0.5, 0.6) is 0 Å². The van der Waals surface area contributed by atoms with Crippen molar-refractivity contribution in [3.05, 3.63) is 35.9 Å². The molecule has 166 valence electrons. The third-order valence-electron chi connectivity index (χ3n) is 5.46. The predicted octanol–water partition coefficient (Wildman–Crippen LogP) is 6.50. The van der Waals surface area contributed by atoms with E-state index in [4.69, 9.17) is 4.74 Å². The Balaban J connectivity index is 2.01. The molecule has 0 fully saturated rings. The SMILES string of the molecule is CCCCCCCCCCC(O)CCCCCC(OCc1ccccc1)C(=O)O. The van der Waals surface area contributed by atoms with Gasteiger partial charge in [-0.1, -0.05) is 108 Å². The van der Waals surface area contributed by atoms with Crippen LogP contribution < -0.4 is 0 Å². The van der Waals surface area contributed by atoms with Gasteiger partial charge in [0.15, 0.2) is 6.10 Å². The Bertz CT molecular complexity index is 503. The molecule has 1 aromatic carbocycles. The lowest BCUT2D eigenvalue weighted by atomic mass is 10.0. The second-order valence-corrected chi connectivity index (χ2v) is 8.18. The molecular formula is C25H42O4. The van der Waals surface area contributed by atoms with E-state index in [-0.39, 0.29) is 6.10 Å². The van der Waals surface area contributed by atoms with Crippen molar-refractivity contribution < 1.29 is 19.7 Å². The van der Waals surface area contributed by atoms with E-state index in [1.54, 1.807) is 0 Å². The lowest BCUT2D eigenvalue weighted by molar-refractivity contribution is -0.151.